The van der Waals surface area contributed by atoms with Gasteiger partial charge in [-0.3, -0.25) is 4.79 Å². The molecule has 0 aliphatic carbocycles. The zero-order valence-electron chi connectivity index (χ0n) is 10.2. The number of amides is 1. The summed E-state index contributed by atoms with van der Waals surface area (Å²) in [7, 11) is 0. The summed E-state index contributed by atoms with van der Waals surface area (Å²) in [6.45, 7) is 4.14. The molecule has 5 heteroatoms. The van der Waals surface area contributed by atoms with E-state index in [1.54, 1.807) is 11.3 Å². The van der Waals surface area contributed by atoms with Gasteiger partial charge in [-0.05, 0) is 59.9 Å². The maximum Gasteiger partial charge on any atom is 0.254 e. The number of hydrogen-bond donors (Lipinski definition) is 1. The molecule has 2 aliphatic rings. The normalized spacial score (nSPS) is 22.6. The molecule has 2 saturated heterocycles. The zero-order chi connectivity index (χ0) is 12.6. The second-order valence-electron chi connectivity index (χ2n) is 5.36. The molecule has 3 nitrogen and oxygen atoms in total. The highest BCUT2D eigenvalue weighted by Crippen LogP contribution is 2.37. The Hall–Kier alpha value is -0.140. The monoisotopic (exact) mass is 376 g/mol. The number of piperidine rings is 1. The third kappa shape index (κ3) is 2.44. The van der Waals surface area contributed by atoms with Crippen LogP contribution in [-0.2, 0) is 0 Å². The Bertz CT molecular complexity index is 444. The van der Waals surface area contributed by atoms with Crippen molar-refractivity contribution in [2.75, 3.05) is 26.2 Å². The number of thiophene rings is 1. The van der Waals surface area contributed by atoms with Crippen LogP contribution >= 0.6 is 33.9 Å². The largest absolute Gasteiger partial charge is 0.339 e. The lowest BCUT2D eigenvalue weighted by atomic mass is 9.78. The average Bonchev–Trinajstić information content (AvgIpc) is 3.00. The predicted molar refractivity (Wildman–Crippen MR) is 82.1 cm³/mol. The predicted octanol–water partition coefficient (Wildman–Crippen LogP) is 2.57. The van der Waals surface area contributed by atoms with Crippen molar-refractivity contribution in [2.24, 2.45) is 5.41 Å². The van der Waals surface area contributed by atoms with E-state index in [9.17, 15) is 4.79 Å². The molecule has 1 N–H and O–H groups in total. The Labute approximate surface area is 125 Å². The van der Waals surface area contributed by atoms with Crippen LogP contribution in [0.3, 0.4) is 0 Å². The van der Waals surface area contributed by atoms with Gasteiger partial charge >= 0.3 is 0 Å². The van der Waals surface area contributed by atoms with Crippen molar-refractivity contribution in [3.05, 3.63) is 19.9 Å². The molecule has 1 aromatic heterocycles. The highest BCUT2D eigenvalue weighted by atomic mass is 127. The van der Waals surface area contributed by atoms with Gasteiger partial charge in [-0.2, -0.15) is 0 Å². The molecule has 0 bridgehead atoms. The molecule has 1 aromatic rings. The van der Waals surface area contributed by atoms with E-state index in [-0.39, 0.29) is 5.91 Å². The van der Waals surface area contributed by atoms with Crippen molar-refractivity contribution in [3.8, 4) is 0 Å². The number of carbonyl (C=O) groups excluding carboxylic acids is 1. The third-order valence-corrected chi connectivity index (χ3v) is 6.05. The highest BCUT2D eigenvalue weighted by Gasteiger charge is 2.38. The molecule has 3 heterocycles. The van der Waals surface area contributed by atoms with Gasteiger partial charge in [0.2, 0.25) is 0 Å². The standard InChI is InChI=1S/C13H17IN2OS/c14-11-7-10(8-18-11)12(17)16-5-2-13(3-6-16)1-4-15-9-13/h7-8,15H,1-6,9H2. The van der Waals surface area contributed by atoms with E-state index in [4.69, 9.17) is 0 Å². The summed E-state index contributed by atoms with van der Waals surface area (Å²) >= 11 is 3.91. The van der Waals surface area contributed by atoms with E-state index < -0.39 is 0 Å². The van der Waals surface area contributed by atoms with Crippen LogP contribution in [0, 0.1) is 8.30 Å². The van der Waals surface area contributed by atoms with Crippen LogP contribution in [0.2, 0.25) is 0 Å². The van der Waals surface area contributed by atoms with E-state index in [1.807, 2.05) is 16.3 Å². The smallest absolute Gasteiger partial charge is 0.254 e. The Balaban J connectivity index is 1.64. The van der Waals surface area contributed by atoms with E-state index in [1.165, 1.54) is 9.30 Å². The Morgan fingerprint density at radius 2 is 2.17 bits per heavy atom. The maximum atomic E-state index is 12.3. The van der Waals surface area contributed by atoms with Crippen molar-refractivity contribution >= 4 is 39.8 Å². The van der Waals surface area contributed by atoms with Crippen LogP contribution in [-0.4, -0.2) is 37.0 Å². The van der Waals surface area contributed by atoms with Gasteiger partial charge in [-0.1, -0.05) is 0 Å². The van der Waals surface area contributed by atoms with Crippen LogP contribution in [0.1, 0.15) is 29.6 Å². The lowest BCUT2D eigenvalue weighted by Crippen LogP contribution is -2.43. The first-order valence-electron chi connectivity index (χ1n) is 6.43. The molecule has 1 spiro atoms. The Morgan fingerprint density at radius 3 is 2.72 bits per heavy atom. The summed E-state index contributed by atoms with van der Waals surface area (Å²) in [5.74, 6) is 0.218. The van der Waals surface area contributed by atoms with Gasteiger partial charge in [0.05, 0.1) is 8.45 Å². The van der Waals surface area contributed by atoms with Gasteiger partial charge in [0.1, 0.15) is 0 Å². The second-order valence-corrected chi connectivity index (χ2v) is 8.16. The van der Waals surface area contributed by atoms with Gasteiger partial charge in [0.25, 0.3) is 5.91 Å². The molecular formula is C13H17IN2OS. The molecular weight excluding hydrogens is 359 g/mol. The molecule has 0 unspecified atom stereocenters. The first-order chi connectivity index (χ1) is 8.69. The molecule has 18 heavy (non-hydrogen) atoms. The molecule has 98 valence electrons. The van der Waals surface area contributed by atoms with Crippen molar-refractivity contribution < 1.29 is 4.79 Å². The van der Waals surface area contributed by atoms with E-state index >= 15 is 0 Å². The fraction of sp³-hybridized carbons (Fsp3) is 0.615. The fourth-order valence-electron chi connectivity index (χ4n) is 3.01. The minimum absolute atomic E-state index is 0.218. The summed E-state index contributed by atoms with van der Waals surface area (Å²) in [4.78, 5) is 14.4. The average molecular weight is 376 g/mol. The van der Waals surface area contributed by atoms with Crippen LogP contribution in [0.25, 0.3) is 0 Å². The molecule has 3 rings (SSSR count). The molecule has 0 radical (unpaired) electrons. The zero-order valence-corrected chi connectivity index (χ0v) is 13.2. The highest BCUT2D eigenvalue weighted by molar-refractivity contribution is 14.1. The van der Waals surface area contributed by atoms with Gasteiger partial charge in [0.15, 0.2) is 0 Å². The summed E-state index contributed by atoms with van der Waals surface area (Å²) in [5, 5.41) is 5.44. The molecule has 0 aromatic carbocycles. The van der Waals surface area contributed by atoms with Crippen LogP contribution in [0.15, 0.2) is 11.4 Å². The topological polar surface area (TPSA) is 32.3 Å². The van der Waals surface area contributed by atoms with Crippen LogP contribution < -0.4 is 5.32 Å². The van der Waals surface area contributed by atoms with Gasteiger partial charge < -0.3 is 10.2 Å². The summed E-state index contributed by atoms with van der Waals surface area (Å²) in [5.41, 5.74) is 1.35. The molecule has 2 aliphatic heterocycles. The quantitative estimate of drug-likeness (QED) is 0.765. The van der Waals surface area contributed by atoms with Crippen LogP contribution in [0.4, 0.5) is 0 Å². The van der Waals surface area contributed by atoms with Gasteiger partial charge in [-0.15, -0.1) is 11.3 Å². The van der Waals surface area contributed by atoms with Crippen molar-refractivity contribution in [2.45, 2.75) is 19.3 Å². The fourth-order valence-corrected chi connectivity index (χ4v) is 4.33. The van der Waals surface area contributed by atoms with E-state index in [0.717, 1.165) is 44.6 Å². The van der Waals surface area contributed by atoms with Crippen molar-refractivity contribution in [3.63, 3.8) is 0 Å². The SMILES string of the molecule is O=C(c1csc(I)c1)N1CCC2(CCNC2)CC1. The number of rotatable bonds is 1. The first-order valence-corrected chi connectivity index (χ1v) is 8.38. The lowest BCUT2D eigenvalue weighted by Gasteiger charge is -2.38. The minimum Gasteiger partial charge on any atom is -0.339 e. The molecule has 0 atom stereocenters. The van der Waals surface area contributed by atoms with Crippen molar-refractivity contribution in [1.82, 2.24) is 10.2 Å². The Morgan fingerprint density at radius 1 is 1.39 bits per heavy atom. The van der Waals surface area contributed by atoms with Gasteiger partial charge in [-0.25, -0.2) is 0 Å². The summed E-state index contributed by atoms with van der Waals surface area (Å²) in [6.07, 6.45) is 3.60. The first kappa shape index (κ1) is 12.9. The molecule has 2 fully saturated rings. The van der Waals surface area contributed by atoms with Crippen molar-refractivity contribution in [1.29, 1.82) is 0 Å². The number of likely N-dealkylation sites (tertiary alicyclic amines) is 1. The summed E-state index contributed by atoms with van der Waals surface area (Å²) < 4.78 is 1.18. The Kier molecular flexibility index (Phi) is 3.64. The number of halogens is 1. The number of nitrogens with one attached hydrogen (secondary N) is 1. The van der Waals surface area contributed by atoms with E-state index in [2.05, 4.69) is 27.9 Å². The number of nitrogens with zero attached hydrogens (tertiary/aromatic N) is 1. The third-order valence-electron chi connectivity index (χ3n) is 4.26. The number of carbonyl (C=O) groups is 1. The van der Waals surface area contributed by atoms with E-state index in [0.29, 0.717) is 5.41 Å². The summed E-state index contributed by atoms with van der Waals surface area (Å²) in [6, 6.07) is 2.00. The second kappa shape index (κ2) is 5.09. The van der Waals surface area contributed by atoms with Crippen LogP contribution in [0.5, 0.6) is 0 Å². The maximum absolute atomic E-state index is 12.3. The number of hydrogen-bond acceptors (Lipinski definition) is 3. The molecule has 1 amide bonds. The minimum atomic E-state index is 0.218. The lowest BCUT2D eigenvalue weighted by molar-refractivity contribution is 0.0608. The van der Waals surface area contributed by atoms with Gasteiger partial charge in [0, 0.05) is 25.0 Å². The molecule has 0 saturated carbocycles.